The third-order valence-electron chi connectivity index (χ3n) is 2.91. The van der Waals surface area contributed by atoms with Crippen molar-refractivity contribution in [3.05, 3.63) is 59.1 Å². The highest BCUT2D eigenvalue weighted by Gasteiger charge is 2.15. The van der Waals surface area contributed by atoms with Gasteiger partial charge in [-0.3, -0.25) is 14.3 Å². The smallest absolute Gasteiger partial charge is 0.322 e. The molecule has 0 bridgehead atoms. The molecule has 126 valence electrons. The Morgan fingerprint density at radius 2 is 1.75 bits per heavy atom. The normalized spacial score (nSPS) is 10.9. The molecule has 0 unspecified atom stereocenters. The number of anilines is 1. The fraction of sp³-hybridized carbons (Fsp3) is 0.0667. The molecule has 0 heterocycles. The van der Waals surface area contributed by atoms with Crippen molar-refractivity contribution in [1.29, 1.82) is 0 Å². The van der Waals surface area contributed by atoms with Gasteiger partial charge in [0, 0.05) is 16.3 Å². The molecule has 0 aliphatic heterocycles. The van der Waals surface area contributed by atoms with Crippen LogP contribution in [-0.4, -0.2) is 31.9 Å². The van der Waals surface area contributed by atoms with Crippen molar-refractivity contribution in [3.63, 3.8) is 0 Å². The second-order valence-electron chi connectivity index (χ2n) is 4.72. The number of hydrogen-bond acceptors (Lipinski definition) is 4. The first-order chi connectivity index (χ1) is 11.3. The fourth-order valence-corrected chi connectivity index (χ4v) is 3.15. The van der Waals surface area contributed by atoms with Crippen molar-refractivity contribution >= 4 is 39.2 Å². The van der Waals surface area contributed by atoms with Crippen molar-refractivity contribution in [2.45, 2.75) is 4.90 Å². The minimum atomic E-state index is -3.80. The third kappa shape index (κ3) is 4.71. The molecule has 2 aromatic rings. The van der Waals surface area contributed by atoms with E-state index in [4.69, 9.17) is 16.7 Å². The van der Waals surface area contributed by atoms with Gasteiger partial charge < -0.3 is 10.4 Å². The maximum absolute atomic E-state index is 12.2. The summed E-state index contributed by atoms with van der Waals surface area (Å²) in [6, 6.07) is 11.4. The van der Waals surface area contributed by atoms with Crippen LogP contribution in [-0.2, 0) is 14.8 Å². The summed E-state index contributed by atoms with van der Waals surface area (Å²) in [5.41, 5.74) is 0.465. The molecule has 2 rings (SSSR count). The molecule has 7 nitrogen and oxygen atoms in total. The highest BCUT2D eigenvalue weighted by Crippen LogP contribution is 2.19. The molecule has 0 fully saturated rings. The van der Waals surface area contributed by atoms with Gasteiger partial charge in [0.2, 0.25) is 0 Å². The molecule has 0 aliphatic rings. The summed E-state index contributed by atoms with van der Waals surface area (Å²) >= 11 is 5.78. The predicted molar refractivity (Wildman–Crippen MR) is 88.7 cm³/mol. The molecular formula is C15H13ClN2O5S. The molecule has 0 aromatic heterocycles. The standard InChI is InChI=1S/C15H13ClN2O5S/c16-11-2-1-3-13(8-11)24(22,23)18-12-6-4-10(5-7-12)15(21)17-9-14(19)20/h1-8,18H,9H2,(H,17,21)(H,19,20). The summed E-state index contributed by atoms with van der Waals surface area (Å²) in [5, 5.41) is 11.0. The van der Waals surface area contributed by atoms with E-state index in [0.717, 1.165) is 0 Å². The molecule has 9 heteroatoms. The van der Waals surface area contributed by atoms with Gasteiger partial charge in [0.25, 0.3) is 15.9 Å². The Labute approximate surface area is 143 Å². The topological polar surface area (TPSA) is 113 Å². The number of carboxylic acid groups (broad SMARTS) is 1. The van der Waals surface area contributed by atoms with E-state index >= 15 is 0 Å². The second-order valence-corrected chi connectivity index (χ2v) is 6.84. The van der Waals surface area contributed by atoms with E-state index in [-0.39, 0.29) is 16.1 Å². The largest absolute Gasteiger partial charge is 0.480 e. The van der Waals surface area contributed by atoms with Crippen LogP contribution in [0.4, 0.5) is 5.69 Å². The van der Waals surface area contributed by atoms with Crippen molar-refractivity contribution in [2.24, 2.45) is 0 Å². The van der Waals surface area contributed by atoms with E-state index in [2.05, 4.69) is 10.0 Å². The lowest BCUT2D eigenvalue weighted by Crippen LogP contribution is -2.29. The van der Waals surface area contributed by atoms with Crippen molar-refractivity contribution in [3.8, 4) is 0 Å². The number of carboxylic acids is 1. The van der Waals surface area contributed by atoms with Crippen LogP contribution in [0, 0.1) is 0 Å². The highest BCUT2D eigenvalue weighted by atomic mass is 35.5. The molecule has 0 saturated heterocycles. The van der Waals surface area contributed by atoms with E-state index < -0.39 is 28.4 Å². The van der Waals surface area contributed by atoms with E-state index in [1.165, 1.54) is 42.5 Å². The Morgan fingerprint density at radius 1 is 1.08 bits per heavy atom. The highest BCUT2D eigenvalue weighted by molar-refractivity contribution is 7.92. The van der Waals surface area contributed by atoms with Crippen molar-refractivity contribution < 1.29 is 23.1 Å². The van der Waals surface area contributed by atoms with Crippen LogP contribution in [0.2, 0.25) is 5.02 Å². The van der Waals surface area contributed by atoms with Gasteiger partial charge in [0.05, 0.1) is 4.90 Å². The Balaban J connectivity index is 2.11. The Morgan fingerprint density at radius 3 is 2.33 bits per heavy atom. The summed E-state index contributed by atoms with van der Waals surface area (Å²) in [6.45, 7) is -0.498. The van der Waals surface area contributed by atoms with Crippen LogP contribution in [0.1, 0.15) is 10.4 Å². The molecule has 0 atom stereocenters. The van der Waals surface area contributed by atoms with Crippen LogP contribution < -0.4 is 10.0 Å². The van der Waals surface area contributed by atoms with Gasteiger partial charge in [0.15, 0.2) is 0 Å². The van der Waals surface area contributed by atoms with Gasteiger partial charge in [0.1, 0.15) is 6.54 Å². The van der Waals surface area contributed by atoms with Crippen molar-refractivity contribution in [2.75, 3.05) is 11.3 Å². The lowest BCUT2D eigenvalue weighted by Gasteiger charge is -2.09. The van der Waals surface area contributed by atoms with Crippen LogP contribution in [0.5, 0.6) is 0 Å². The van der Waals surface area contributed by atoms with Crippen LogP contribution in [0.15, 0.2) is 53.4 Å². The third-order valence-corrected chi connectivity index (χ3v) is 4.52. The fourth-order valence-electron chi connectivity index (χ4n) is 1.80. The lowest BCUT2D eigenvalue weighted by atomic mass is 10.2. The summed E-state index contributed by atoms with van der Waals surface area (Å²) in [7, 11) is -3.80. The van der Waals surface area contributed by atoms with Crippen LogP contribution >= 0.6 is 11.6 Å². The Bertz CT molecular complexity index is 866. The Hall–Kier alpha value is -2.58. The number of hydrogen-bond donors (Lipinski definition) is 3. The minimum absolute atomic E-state index is 0.0123. The number of rotatable bonds is 6. The molecule has 0 aliphatic carbocycles. The summed E-state index contributed by atoms with van der Waals surface area (Å²) < 4.78 is 26.8. The number of halogens is 1. The predicted octanol–water partition coefficient (Wildman–Crippen LogP) is 1.96. The number of carbonyl (C=O) groups excluding carboxylic acids is 1. The second kappa shape index (κ2) is 7.33. The van der Waals surface area contributed by atoms with Gasteiger partial charge in [-0.25, -0.2) is 8.42 Å². The number of amides is 1. The van der Waals surface area contributed by atoms with Gasteiger partial charge in [-0.2, -0.15) is 0 Å². The first-order valence-corrected chi connectivity index (χ1v) is 8.52. The summed E-state index contributed by atoms with van der Waals surface area (Å²) in [4.78, 5) is 22.1. The summed E-state index contributed by atoms with van der Waals surface area (Å²) in [5.74, 6) is -1.73. The zero-order valence-corrected chi connectivity index (χ0v) is 13.8. The molecule has 3 N–H and O–H groups in total. The maximum atomic E-state index is 12.2. The quantitative estimate of drug-likeness (QED) is 0.721. The zero-order valence-electron chi connectivity index (χ0n) is 12.2. The SMILES string of the molecule is O=C(O)CNC(=O)c1ccc(NS(=O)(=O)c2cccc(Cl)c2)cc1. The molecule has 2 aromatic carbocycles. The number of nitrogens with one attached hydrogen (secondary N) is 2. The van der Waals surface area contributed by atoms with Crippen molar-refractivity contribution in [1.82, 2.24) is 5.32 Å². The average Bonchev–Trinajstić information content (AvgIpc) is 2.53. The van der Waals surface area contributed by atoms with Gasteiger partial charge >= 0.3 is 5.97 Å². The van der Waals surface area contributed by atoms with Gasteiger partial charge in [-0.1, -0.05) is 17.7 Å². The number of benzene rings is 2. The minimum Gasteiger partial charge on any atom is -0.480 e. The first-order valence-electron chi connectivity index (χ1n) is 6.66. The van der Waals surface area contributed by atoms with E-state index in [1.807, 2.05) is 0 Å². The average molecular weight is 369 g/mol. The van der Waals surface area contributed by atoms with E-state index in [9.17, 15) is 18.0 Å². The lowest BCUT2D eigenvalue weighted by molar-refractivity contribution is -0.135. The monoisotopic (exact) mass is 368 g/mol. The molecule has 0 saturated carbocycles. The van der Waals surface area contributed by atoms with Gasteiger partial charge in [-0.05, 0) is 42.5 Å². The zero-order chi connectivity index (χ0) is 17.7. The summed E-state index contributed by atoms with van der Waals surface area (Å²) in [6.07, 6.45) is 0. The Kier molecular flexibility index (Phi) is 5.42. The van der Waals surface area contributed by atoms with E-state index in [0.29, 0.717) is 5.02 Å². The maximum Gasteiger partial charge on any atom is 0.322 e. The molecular weight excluding hydrogens is 356 g/mol. The molecule has 1 amide bonds. The van der Waals surface area contributed by atoms with Crippen LogP contribution in [0.25, 0.3) is 0 Å². The number of aliphatic carboxylic acids is 1. The number of carbonyl (C=O) groups is 2. The molecule has 0 spiro atoms. The number of sulfonamides is 1. The van der Waals surface area contributed by atoms with Gasteiger partial charge in [-0.15, -0.1) is 0 Å². The molecule has 24 heavy (non-hydrogen) atoms. The first kappa shape index (κ1) is 17.8. The van der Waals surface area contributed by atoms with Crippen LogP contribution in [0.3, 0.4) is 0 Å². The molecule has 0 radical (unpaired) electrons. The van der Waals surface area contributed by atoms with E-state index in [1.54, 1.807) is 6.07 Å².